The van der Waals surface area contributed by atoms with Gasteiger partial charge < -0.3 is 19.7 Å². The van der Waals surface area contributed by atoms with Crippen LogP contribution in [0, 0.1) is 0 Å². The Morgan fingerprint density at radius 3 is 2.35 bits per heavy atom. The van der Waals surface area contributed by atoms with Gasteiger partial charge >= 0.3 is 5.97 Å². The third kappa shape index (κ3) is 5.07. The molecule has 0 heterocycles. The molecule has 7 heteroatoms. The van der Waals surface area contributed by atoms with Gasteiger partial charge in [-0.15, -0.1) is 0 Å². The minimum absolute atomic E-state index is 0.308. The first-order valence-electron chi connectivity index (χ1n) is 7.91. The Balaban J connectivity index is 1.80. The topological polar surface area (TPSA) is 84.9 Å². The lowest BCUT2D eigenvalue weighted by Crippen LogP contribution is -2.35. The van der Waals surface area contributed by atoms with E-state index in [1.54, 1.807) is 55.6 Å². The Morgan fingerprint density at radius 2 is 1.65 bits per heavy atom. The number of ether oxygens (including phenoxy) is 2. The highest BCUT2D eigenvalue weighted by Gasteiger charge is 2.16. The number of benzene rings is 2. The van der Waals surface area contributed by atoms with Crippen LogP contribution in [0.2, 0.25) is 0 Å². The summed E-state index contributed by atoms with van der Waals surface area (Å²) in [6.45, 7) is -0.756. The summed E-state index contributed by atoms with van der Waals surface area (Å²) in [4.78, 5) is 37.3. The molecule has 0 aliphatic carbocycles. The molecule has 0 aliphatic rings. The maximum Gasteiger partial charge on any atom is 0.325 e. The average molecular weight is 356 g/mol. The number of carbonyl (C=O) groups excluding carboxylic acids is 3. The van der Waals surface area contributed by atoms with Gasteiger partial charge in [0.25, 0.3) is 11.8 Å². The first-order chi connectivity index (χ1) is 12.5. The van der Waals surface area contributed by atoms with Crippen LogP contribution >= 0.6 is 0 Å². The lowest BCUT2D eigenvalue weighted by atomic mass is 10.2. The predicted octanol–water partition coefficient (Wildman–Crippen LogP) is 1.63. The second-order valence-electron chi connectivity index (χ2n) is 5.33. The van der Waals surface area contributed by atoms with Crippen LogP contribution in [0.3, 0.4) is 0 Å². The zero-order valence-electron chi connectivity index (χ0n) is 14.6. The molecule has 0 fully saturated rings. The Morgan fingerprint density at radius 1 is 1.00 bits per heavy atom. The summed E-state index contributed by atoms with van der Waals surface area (Å²) in [5.41, 5.74) is 1.00. The van der Waals surface area contributed by atoms with Gasteiger partial charge in [0.05, 0.1) is 12.7 Å². The first-order valence-corrected chi connectivity index (χ1v) is 7.91. The first kappa shape index (κ1) is 19.0. The zero-order valence-corrected chi connectivity index (χ0v) is 14.6. The molecule has 2 aromatic carbocycles. The molecule has 0 saturated heterocycles. The minimum atomic E-state index is -0.706. The van der Waals surface area contributed by atoms with Crippen LogP contribution in [-0.2, 0) is 14.3 Å². The van der Waals surface area contributed by atoms with Crippen LogP contribution in [0.1, 0.15) is 10.4 Å². The number of anilines is 1. The van der Waals surface area contributed by atoms with Crippen molar-refractivity contribution >= 4 is 23.5 Å². The highest BCUT2D eigenvalue weighted by Crippen LogP contribution is 2.16. The van der Waals surface area contributed by atoms with E-state index in [9.17, 15) is 14.4 Å². The number of nitrogens with zero attached hydrogens (tertiary/aromatic N) is 1. The summed E-state index contributed by atoms with van der Waals surface area (Å²) in [6, 6.07) is 15.6. The van der Waals surface area contributed by atoms with Gasteiger partial charge in [0.2, 0.25) is 0 Å². The molecule has 1 N–H and O–H groups in total. The van der Waals surface area contributed by atoms with E-state index in [2.05, 4.69) is 5.32 Å². The molecule has 0 bridgehead atoms. The van der Waals surface area contributed by atoms with Crippen LogP contribution in [-0.4, -0.2) is 45.1 Å². The quantitative estimate of drug-likeness (QED) is 0.762. The third-order valence-electron chi connectivity index (χ3n) is 3.62. The highest BCUT2D eigenvalue weighted by molar-refractivity contribution is 5.98. The Bertz CT molecular complexity index is 777. The third-order valence-corrected chi connectivity index (χ3v) is 3.62. The molecular formula is C19H20N2O5. The van der Waals surface area contributed by atoms with Crippen LogP contribution in [0.15, 0.2) is 54.6 Å². The van der Waals surface area contributed by atoms with Crippen molar-refractivity contribution in [1.29, 1.82) is 0 Å². The van der Waals surface area contributed by atoms with Gasteiger partial charge in [-0.1, -0.05) is 30.3 Å². The molecule has 136 valence electrons. The van der Waals surface area contributed by atoms with Gasteiger partial charge in [-0.05, 0) is 24.3 Å². The van der Waals surface area contributed by atoms with Crippen molar-refractivity contribution in [3.8, 4) is 5.75 Å². The highest BCUT2D eigenvalue weighted by atomic mass is 16.5. The van der Waals surface area contributed by atoms with Crippen LogP contribution in [0.25, 0.3) is 0 Å². The molecule has 2 amide bonds. The van der Waals surface area contributed by atoms with E-state index in [-0.39, 0.29) is 12.5 Å². The fraction of sp³-hybridized carbons (Fsp3) is 0.211. The number of hydrogen-bond acceptors (Lipinski definition) is 5. The summed E-state index contributed by atoms with van der Waals surface area (Å²) in [5.74, 6) is -1.14. The number of methoxy groups -OCH3 is 1. The summed E-state index contributed by atoms with van der Waals surface area (Å²) < 4.78 is 10.0. The van der Waals surface area contributed by atoms with Crippen LogP contribution in [0.4, 0.5) is 5.69 Å². The largest absolute Gasteiger partial charge is 0.496 e. The molecule has 2 rings (SSSR count). The van der Waals surface area contributed by atoms with Gasteiger partial charge in [0.15, 0.2) is 6.61 Å². The van der Waals surface area contributed by atoms with Crippen molar-refractivity contribution in [3.05, 3.63) is 60.2 Å². The molecule has 2 aromatic rings. The average Bonchev–Trinajstić information content (AvgIpc) is 2.70. The number of amides is 2. The van der Waals surface area contributed by atoms with E-state index < -0.39 is 18.5 Å². The van der Waals surface area contributed by atoms with Crippen LogP contribution < -0.4 is 15.0 Å². The van der Waals surface area contributed by atoms with E-state index in [4.69, 9.17) is 9.47 Å². The number of carbonyl (C=O) groups is 3. The summed E-state index contributed by atoms with van der Waals surface area (Å²) in [5, 5.41) is 2.44. The van der Waals surface area contributed by atoms with Crippen molar-refractivity contribution in [1.82, 2.24) is 5.32 Å². The zero-order chi connectivity index (χ0) is 18.9. The van der Waals surface area contributed by atoms with E-state index in [0.717, 1.165) is 0 Å². The molecule has 0 spiro atoms. The van der Waals surface area contributed by atoms with Crippen molar-refractivity contribution in [3.63, 3.8) is 0 Å². The van der Waals surface area contributed by atoms with Gasteiger partial charge in [-0.3, -0.25) is 14.4 Å². The number of para-hydroxylation sites is 2. The normalized spacial score (nSPS) is 9.92. The Labute approximate surface area is 151 Å². The molecule has 26 heavy (non-hydrogen) atoms. The fourth-order valence-corrected chi connectivity index (χ4v) is 2.17. The monoisotopic (exact) mass is 356 g/mol. The molecule has 0 aromatic heterocycles. The Hall–Kier alpha value is -3.35. The van der Waals surface area contributed by atoms with Crippen LogP contribution in [0.5, 0.6) is 5.75 Å². The fourth-order valence-electron chi connectivity index (χ4n) is 2.17. The van der Waals surface area contributed by atoms with Crippen molar-refractivity contribution in [2.45, 2.75) is 0 Å². The summed E-state index contributed by atoms with van der Waals surface area (Å²) in [7, 11) is 3.05. The van der Waals surface area contributed by atoms with E-state index in [0.29, 0.717) is 17.0 Å². The lowest BCUT2D eigenvalue weighted by molar-refractivity contribution is -0.146. The summed E-state index contributed by atoms with van der Waals surface area (Å²) >= 11 is 0. The number of rotatable bonds is 7. The van der Waals surface area contributed by atoms with Gasteiger partial charge in [0, 0.05) is 12.7 Å². The van der Waals surface area contributed by atoms with Crippen molar-refractivity contribution in [2.75, 3.05) is 32.2 Å². The van der Waals surface area contributed by atoms with E-state index >= 15 is 0 Å². The maximum atomic E-state index is 12.1. The lowest BCUT2D eigenvalue weighted by Gasteiger charge is -2.17. The number of esters is 1. The van der Waals surface area contributed by atoms with Crippen molar-refractivity contribution in [2.24, 2.45) is 0 Å². The second-order valence-corrected chi connectivity index (χ2v) is 5.33. The maximum absolute atomic E-state index is 12.1. The minimum Gasteiger partial charge on any atom is -0.496 e. The van der Waals surface area contributed by atoms with Gasteiger partial charge in [0.1, 0.15) is 12.3 Å². The SMILES string of the molecule is COc1ccccc1C(=O)NCC(=O)OCC(=O)N(C)c1ccccc1. The molecular weight excluding hydrogens is 336 g/mol. The number of likely N-dealkylation sites (N-methyl/N-ethyl adjacent to an activating group) is 1. The standard InChI is InChI=1S/C19H20N2O5/c1-21(14-8-4-3-5-9-14)17(22)13-26-18(23)12-20-19(24)15-10-6-7-11-16(15)25-2/h3-11H,12-13H2,1-2H3,(H,20,24). The van der Waals surface area contributed by atoms with E-state index in [1.165, 1.54) is 12.0 Å². The number of hydrogen-bond donors (Lipinski definition) is 1. The molecule has 0 saturated carbocycles. The van der Waals surface area contributed by atoms with Crippen molar-refractivity contribution < 1.29 is 23.9 Å². The molecule has 0 atom stereocenters. The molecule has 0 radical (unpaired) electrons. The summed E-state index contributed by atoms with van der Waals surface area (Å²) in [6.07, 6.45) is 0. The van der Waals surface area contributed by atoms with Gasteiger partial charge in [-0.25, -0.2) is 0 Å². The van der Waals surface area contributed by atoms with Gasteiger partial charge in [-0.2, -0.15) is 0 Å². The molecule has 0 aliphatic heterocycles. The Kier molecular flexibility index (Phi) is 6.73. The molecule has 0 unspecified atom stereocenters. The predicted molar refractivity (Wildman–Crippen MR) is 96.1 cm³/mol. The molecule has 7 nitrogen and oxygen atoms in total. The second kappa shape index (κ2) is 9.22. The van der Waals surface area contributed by atoms with E-state index in [1.807, 2.05) is 6.07 Å². The smallest absolute Gasteiger partial charge is 0.325 e. The number of nitrogens with one attached hydrogen (secondary N) is 1.